The molecule has 0 aliphatic carbocycles. The number of allylic oxidation sites excluding steroid dienone is 1. The van der Waals surface area contributed by atoms with Crippen molar-refractivity contribution in [1.82, 2.24) is 0 Å². The van der Waals surface area contributed by atoms with Crippen molar-refractivity contribution < 1.29 is 10.2 Å². The maximum absolute atomic E-state index is 9.56. The Balaban J connectivity index is 1.84. The molecule has 0 bridgehead atoms. The number of benzene rings is 2. The number of phenolic OH excluding ortho intramolecular Hbond substituents is 2. The minimum absolute atomic E-state index is 0.301. The highest BCUT2D eigenvalue weighted by Crippen LogP contribution is 2.32. The van der Waals surface area contributed by atoms with E-state index in [-0.39, 0.29) is 0 Å². The van der Waals surface area contributed by atoms with Crippen LogP contribution in [0.15, 0.2) is 61.2 Å². The highest BCUT2D eigenvalue weighted by molar-refractivity contribution is 5.37. The van der Waals surface area contributed by atoms with Crippen LogP contribution in [0.3, 0.4) is 0 Å². The fourth-order valence-corrected chi connectivity index (χ4v) is 3.46. The second kappa shape index (κ2) is 11.4. The second-order valence-corrected chi connectivity index (χ2v) is 7.08. The third-order valence-electron chi connectivity index (χ3n) is 4.99. The van der Waals surface area contributed by atoms with Gasteiger partial charge < -0.3 is 10.2 Å². The van der Waals surface area contributed by atoms with Gasteiger partial charge in [0.15, 0.2) is 0 Å². The van der Waals surface area contributed by atoms with Crippen molar-refractivity contribution >= 4 is 0 Å². The number of aromatic hydroxyl groups is 2. The first-order valence-electron chi connectivity index (χ1n) is 9.89. The molecule has 0 aliphatic rings. The molecule has 2 nitrogen and oxygen atoms in total. The minimum Gasteiger partial charge on any atom is -0.508 e. The summed E-state index contributed by atoms with van der Waals surface area (Å²) >= 11 is 0. The Morgan fingerprint density at radius 2 is 1.08 bits per heavy atom. The summed E-state index contributed by atoms with van der Waals surface area (Å²) in [5.41, 5.74) is 2.44. The monoisotopic (exact) mass is 352 g/mol. The lowest BCUT2D eigenvalue weighted by molar-refractivity contribution is 0.474. The number of rotatable bonds is 12. The van der Waals surface area contributed by atoms with Crippen LogP contribution in [0.2, 0.25) is 0 Å². The average Bonchev–Trinajstić information content (AvgIpc) is 2.65. The van der Waals surface area contributed by atoms with E-state index in [1.165, 1.54) is 56.1 Å². The van der Waals surface area contributed by atoms with Gasteiger partial charge in [0.2, 0.25) is 0 Å². The predicted molar refractivity (Wildman–Crippen MR) is 110 cm³/mol. The molecule has 0 spiro atoms. The molecule has 0 amide bonds. The van der Waals surface area contributed by atoms with Crippen molar-refractivity contribution in [3.05, 3.63) is 72.3 Å². The van der Waals surface area contributed by atoms with Gasteiger partial charge in [-0.2, -0.15) is 0 Å². The third-order valence-corrected chi connectivity index (χ3v) is 4.99. The second-order valence-electron chi connectivity index (χ2n) is 7.08. The third kappa shape index (κ3) is 6.95. The molecule has 2 N–H and O–H groups in total. The van der Waals surface area contributed by atoms with Gasteiger partial charge in [0.1, 0.15) is 11.5 Å². The molecular weight excluding hydrogens is 320 g/mol. The fraction of sp³-hybridized carbons (Fsp3) is 0.417. The smallest absolute Gasteiger partial charge is 0.115 e. The van der Waals surface area contributed by atoms with Crippen LogP contribution in [-0.2, 0) is 0 Å². The molecule has 0 fully saturated rings. The van der Waals surface area contributed by atoms with Gasteiger partial charge in [0.05, 0.1) is 0 Å². The quantitative estimate of drug-likeness (QED) is 0.321. The number of unbranched alkanes of at least 4 members (excludes halogenated alkanes) is 7. The number of hydrogen-bond donors (Lipinski definition) is 2. The first-order chi connectivity index (χ1) is 12.7. The van der Waals surface area contributed by atoms with E-state index in [2.05, 4.69) is 6.58 Å². The van der Waals surface area contributed by atoms with Crippen molar-refractivity contribution in [3.63, 3.8) is 0 Å². The topological polar surface area (TPSA) is 40.5 Å². The zero-order chi connectivity index (χ0) is 18.6. The van der Waals surface area contributed by atoms with Crippen LogP contribution in [0.1, 0.15) is 74.8 Å². The molecular formula is C24H32O2. The Bertz CT molecular complexity index is 583. The van der Waals surface area contributed by atoms with Crippen molar-refractivity contribution in [2.24, 2.45) is 0 Å². The van der Waals surface area contributed by atoms with Gasteiger partial charge in [-0.25, -0.2) is 0 Å². The van der Waals surface area contributed by atoms with Gasteiger partial charge in [-0.1, -0.05) is 68.9 Å². The molecule has 2 aromatic carbocycles. The van der Waals surface area contributed by atoms with Crippen molar-refractivity contribution in [2.75, 3.05) is 0 Å². The van der Waals surface area contributed by atoms with Crippen LogP contribution in [0, 0.1) is 0 Å². The summed E-state index contributed by atoms with van der Waals surface area (Å²) in [6.07, 6.45) is 13.2. The van der Waals surface area contributed by atoms with Crippen molar-refractivity contribution in [1.29, 1.82) is 0 Å². The number of hydrogen-bond acceptors (Lipinski definition) is 2. The Labute approximate surface area is 158 Å². The van der Waals surface area contributed by atoms with E-state index >= 15 is 0 Å². The molecule has 2 heteroatoms. The van der Waals surface area contributed by atoms with Gasteiger partial charge in [-0.05, 0) is 54.7 Å². The normalized spacial score (nSPS) is 11.0. The first-order valence-corrected chi connectivity index (χ1v) is 9.89. The van der Waals surface area contributed by atoms with E-state index in [4.69, 9.17) is 0 Å². The van der Waals surface area contributed by atoms with E-state index in [0.29, 0.717) is 17.4 Å². The van der Waals surface area contributed by atoms with Crippen LogP contribution in [-0.4, -0.2) is 10.2 Å². The van der Waals surface area contributed by atoms with Crippen molar-refractivity contribution in [2.45, 2.75) is 63.7 Å². The van der Waals surface area contributed by atoms with E-state index < -0.39 is 0 Å². The SMILES string of the molecule is C=CCCCCCCCCCC(c1ccc(O)cc1)c1ccc(O)cc1. The molecule has 0 aromatic heterocycles. The van der Waals surface area contributed by atoms with E-state index in [9.17, 15) is 10.2 Å². The summed E-state index contributed by atoms with van der Waals surface area (Å²) < 4.78 is 0. The predicted octanol–water partition coefficient (Wildman–Crippen LogP) is 6.93. The molecule has 0 aliphatic heterocycles. The first kappa shape index (κ1) is 20.1. The van der Waals surface area contributed by atoms with Crippen LogP contribution in [0.25, 0.3) is 0 Å². The lowest BCUT2D eigenvalue weighted by atomic mass is 9.86. The largest absolute Gasteiger partial charge is 0.508 e. The summed E-state index contributed by atoms with van der Waals surface area (Å²) in [7, 11) is 0. The van der Waals surface area contributed by atoms with Crippen LogP contribution in [0.4, 0.5) is 0 Å². The Kier molecular flexibility index (Phi) is 8.82. The zero-order valence-corrected chi connectivity index (χ0v) is 15.7. The van der Waals surface area contributed by atoms with E-state index in [1.807, 2.05) is 30.3 Å². The standard InChI is InChI=1S/C24H32O2/c1-2-3-4-5-6-7-8-9-10-11-24(20-12-16-22(25)17-13-20)21-14-18-23(26)19-15-21/h2,12-19,24-26H,1,3-11H2. The molecule has 0 unspecified atom stereocenters. The number of phenols is 2. The highest BCUT2D eigenvalue weighted by atomic mass is 16.3. The van der Waals surface area contributed by atoms with Gasteiger partial charge in [-0.15, -0.1) is 6.58 Å². The molecule has 0 radical (unpaired) electrons. The summed E-state index contributed by atoms with van der Waals surface area (Å²) in [6, 6.07) is 15.0. The summed E-state index contributed by atoms with van der Waals surface area (Å²) in [5.74, 6) is 0.910. The summed E-state index contributed by atoms with van der Waals surface area (Å²) in [4.78, 5) is 0. The summed E-state index contributed by atoms with van der Waals surface area (Å²) in [6.45, 7) is 3.77. The Morgan fingerprint density at radius 1 is 0.654 bits per heavy atom. The van der Waals surface area contributed by atoms with Gasteiger partial charge in [0.25, 0.3) is 0 Å². The lowest BCUT2D eigenvalue weighted by Crippen LogP contribution is -2.01. The maximum Gasteiger partial charge on any atom is 0.115 e. The molecule has 0 atom stereocenters. The lowest BCUT2D eigenvalue weighted by Gasteiger charge is -2.18. The Hall–Kier alpha value is -2.22. The molecule has 2 aromatic rings. The van der Waals surface area contributed by atoms with Crippen LogP contribution >= 0.6 is 0 Å². The van der Waals surface area contributed by atoms with Crippen LogP contribution in [0.5, 0.6) is 11.5 Å². The maximum atomic E-state index is 9.56. The molecule has 140 valence electrons. The zero-order valence-electron chi connectivity index (χ0n) is 15.7. The van der Waals surface area contributed by atoms with Crippen LogP contribution < -0.4 is 0 Å². The molecule has 0 heterocycles. The van der Waals surface area contributed by atoms with Crippen molar-refractivity contribution in [3.8, 4) is 11.5 Å². The molecule has 0 saturated carbocycles. The summed E-state index contributed by atoms with van der Waals surface area (Å²) in [5, 5.41) is 19.1. The highest BCUT2D eigenvalue weighted by Gasteiger charge is 2.14. The molecule has 2 rings (SSSR count). The van der Waals surface area contributed by atoms with Gasteiger partial charge >= 0.3 is 0 Å². The van der Waals surface area contributed by atoms with Gasteiger partial charge in [-0.3, -0.25) is 0 Å². The average molecular weight is 353 g/mol. The van der Waals surface area contributed by atoms with E-state index in [1.54, 1.807) is 24.3 Å². The molecule has 26 heavy (non-hydrogen) atoms. The van der Waals surface area contributed by atoms with Gasteiger partial charge in [0, 0.05) is 5.92 Å². The minimum atomic E-state index is 0.301. The molecule has 0 saturated heterocycles. The fourth-order valence-electron chi connectivity index (χ4n) is 3.46. The van der Waals surface area contributed by atoms with E-state index in [0.717, 1.165) is 12.8 Å². The Morgan fingerprint density at radius 3 is 1.54 bits per heavy atom.